The monoisotopic (exact) mass is 281 g/mol. The number of ether oxygens (including phenoxy) is 1. The second-order valence-corrected chi connectivity index (χ2v) is 4.94. The number of thiophene rings is 1. The van der Waals surface area contributed by atoms with Crippen molar-refractivity contribution in [2.45, 2.75) is 6.54 Å². The van der Waals surface area contributed by atoms with Crippen molar-refractivity contribution < 1.29 is 19.0 Å². The normalized spacial score (nSPS) is 10.2. The molecular weight excluding hydrogens is 269 g/mol. The van der Waals surface area contributed by atoms with Gasteiger partial charge in [-0.25, -0.2) is 9.18 Å². The molecule has 2 rings (SSSR count). The average Bonchev–Trinajstić information content (AvgIpc) is 2.86. The van der Waals surface area contributed by atoms with E-state index in [4.69, 9.17) is 9.84 Å². The lowest BCUT2D eigenvalue weighted by Crippen LogP contribution is -2.00. The van der Waals surface area contributed by atoms with E-state index in [9.17, 15) is 9.18 Å². The summed E-state index contributed by atoms with van der Waals surface area (Å²) in [6.45, 7) is 0.458. The second kappa shape index (κ2) is 5.71. The summed E-state index contributed by atoms with van der Waals surface area (Å²) in [7, 11) is 1.47. The highest BCUT2D eigenvalue weighted by atomic mass is 32.1. The zero-order chi connectivity index (χ0) is 13.8. The highest BCUT2D eigenvalue weighted by Gasteiger charge is 2.08. The molecular formula is C13H12FNO3S. The molecule has 0 saturated carbocycles. The molecule has 6 heteroatoms. The maximum Gasteiger partial charge on any atom is 0.345 e. The van der Waals surface area contributed by atoms with Crippen molar-refractivity contribution in [3.05, 3.63) is 45.9 Å². The number of halogens is 1. The Morgan fingerprint density at radius 2 is 2.21 bits per heavy atom. The zero-order valence-corrected chi connectivity index (χ0v) is 11.0. The van der Waals surface area contributed by atoms with Crippen molar-refractivity contribution in [1.82, 2.24) is 0 Å². The van der Waals surface area contributed by atoms with E-state index in [0.717, 1.165) is 4.88 Å². The standard InChI is InChI=1S/C13H12FNO3S/c1-18-11-6-8(14)2-4-10(11)15-7-9-3-5-12(19-9)13(16)17/h2-6,15H,7H2,1H3,(H,16,17). The van der Waals surface area contributed by atoms with Crippen molar-refractivity contribution in [2.75, 3.05) is 12.4 Å². The van der Waals surface area contributed by atoms with Gasteiger partial charge in [0.25, 0.3) is 0 Å². The first-order chi connectivity index (χ1) is 9.10. The van der Waals surface area contributed by atoms with Crippen LogP contribution in [-0.2, 0) is 6.54 Å². The van der Waals surface area contributed by atoms with Crippen LogP contribution >= 0.6 is 11.3 Å². The van der Waals surface area contributed by atoms with Gasteiger partial charge in [0.2, 0.25) is 0 Å². The second-order valence-electron chi connectivity index (χ2n) is 3.77. The van der Waals surface area contributed by atoms with Gasteiger partial charge < -0.3 is 15.2 Å². The Kier molecular flexibility index (Phi) is 4.01. The first-order valence-electron chi connectivity index (χ1n) is 5.49. The fourth-order valence-electron chi connectivity index (χ4n) is 1.58. The van der Waals surface area contributed by atoms with E-state index in [2.05, 4.69) is 5.32 Å². The zero-order valence-electron chi connectivity index (χ0n) is 10.1. The highest BCUT2D eigenvalue weighted by molar-refractivity contribution is 7.13. The number of aromatic carboxylic acids is 1. The van der Waals surface area contributed by atoms with Gasteiger partial charge >= 0.3 is 5.97 Å². The minimum Gasteiger partial charge on any atom is -0.494 e. The predicted octanol–water partition coefficient (Wildman–Crippen LogP) is 3.21. The molecule has 0 unspecified atom stereocenters. The summed E-state index contributed by atoms with van der Waals surface area (Å²) in [4.78, 5) is 11.9. The number of methoxy groups -OCH3 is 1. The Hall–Kier alpha value is -2.08. The van der Waals surface area contributed by atoms with E-state index in [1.165, 1.54) is 30.6 Å². The van der Waals surface area contributed by atoms with E-state index >= 15 is 0 Å². The number of benzene rings is 1. The molecule has 0 radical (unpaired) electrons. The average molecular weight is 281 g/mol. The molecule has 2 N–H and O–H groups in total. The van der Waals surface area contributed by atoms with Crippen molar-refractivity contribution in [3.63, 3.8) is 0 Å². The maximum atomic E-state index is 13.0. The van der Waals surface area contributed by atoms with Crippen LogP contribution in [0.3, 0.4) is 0 Å². The summed E-state index contributed by atoms with van der Waals surface area (Å²) < 4.78 is 18.1. The van der Waals surface area contributed by atoms with E-state index < -0.39 is 5.97 Å². The number of hydrogen-bond acceptors (Lipinski definition) is 4. The minimum atomic E-state index is -0.935. The molecule has 0 aliphatic rings. The highest BCUT2D eigenvalue weighted by Crippen LogP contribution is 2.26. The van der Waals surface area contributed by atoms with Crippen molar-refractivity contribution in [3.8, 4) is 5.75 Å². The Labute approximate surface area is 113 Å². The van der Waals surface area contributed by atoms with Gasteiger partial charge in [-0.1, -0.05) is 0 Å². The smallest absolute Gasteiger partial charge is 0.345 e. The van der Waals surface area contributed by atoms with Gasteiger partial charge in [0.1, 0.15) is 16.4 Å². The predicted molar refractivity (Wildman–Crippen MR) is 71.6 cm³/mol. The van der Waals surface area contributed by atoms with Crippen LogP contribution in [0.25, 0.3) is 0 Å². The molecule has 0 saturated heterocycles. The molecule has 19 heavy (non-hydrogen) atoms. The summed E-state index contributed by atoms with van der Waals surface area (Å²) in [5.41, 5.74) is 0.661. The molecule has 0 bridgehead atoms. The van der Waals surface area contributed by atoms with E-state index in [0.29, 0.717) is 22.9 Å². The van der Waals surface area contributed by atoms with Gasteiger partial charge in [0, 0.05) is 17.5 Å². The molecule has 2 aromatic rings. The fourth-order valence-corrected chi connectivity index (χ4v) is 2.37. The molecule has 0 spiro atoms. The van der Waals surface area contributed by atoms with Crippen molar-refractivity contribution in [1.29, 1.82) is 0 Å². The Morgan fingerprint density at radius 3 is 2.84 bits per heavy atom. The van der Waals surface area contributed by atoms with Crippen molar-refractivity contribution in [2.24, 2.45) is 0 Å². The third-order valence-corrected chi connectivity index (χ3v) is 3.56. The van der Waals surface area contributed by atoms with Crippen molar-refractivity contribution >= 4 is 23.0 Å². The first-order valence-corrected chi connectivity index (χ1v) is 6.31. The number of anilines is 1. The number of carbonyl (C=O) groups is 1. The lowest BCUT2D eigenvalue weighted by Gasteiger charge is -2.10. The summed E-state index contributed by atoms with van der Waals surface area (Å²) in [5, 5.41) is 11.9. The maximum absolute atomic E-state index is 13.0. The van der Waals surface area contributed by atoms with Crippen LogP contribution in [0.15, 0.2) is 30.3 Å². The lowest BCUT2D eigenvalue weighted by atomic mass is 10.2. The largest absolute Gasteiger partial charge is 0.494 e. The topological polar surface area (TPSA) is 58.6 Å². The summed E-state index contributed by atoms with van der Waals surface area (Å²) in [6.07, 6.45) is 0. The van der Waals surface area contributed by atoms with Gasteiger partial charge in [-0.2, -0.15) is 0 Å². The number of carboxylic acids is 1. The molecule has 1 heterocycles. The summed E-state index contributed by atoms with van der Waals surface area (Å²) >= 11 is 1.20. The molecule has 0 amide bonds. The summed E-state index contributed by atoms with van der Waals surface area (Å²) in [6, 6.07) is 7.52. The van der Waals surface area contributed by atoms with Gasteiger partial charge in [-0.3, -0.25) is 0 Å². The SMILES string of the molecule is COc1cc(F)ccc1NCc1ccc(C(=O)O)s1. The van der Waals surface area contributed by atoms with Gasteiger partial charge in [0.05, 0.1) is 12.8 Å². The molecule has 1 aromatic carbocycles. The van der Waals surface area contributed by atoms with Crippen LogP contribution in [0, 0.1) is 5.82 Å². The lowest BCUT2D eigenvalue weighted by molar-refractivity contribution is 0.0702. The van der Waals surface area contributed by atoms with Crippen LogP contribution in [0.1, 0.15) is 14.5 Å². The van der Waals surface area contributed by atoms with Gasteiger partial charge in [0.15, 0.2) is 0 Å². The molecule has 4 nitrogen and oxygen atoms in total. The number of carboxylic acid groups (broad SMARTS) is 1. The summed E-state index contributed by atoms with van der Waals surface area (Å²) in [5.74, 6) is -0.891. The number of hydrogen-bond donors (Lipinski definition) is 2. The minimum absolute atomic E-state index is 0.294. The fraction of sp³-hybridized carbons (Fsp3) is 0.154. The first kappa shape index (κ1) is 13.4. The quantitative estimate of drug-likeness (QED) is 0.883. The Bertz CT molecular complexity index is 597. The van der Waals surface area contributed by atoms with Gasteiger partial charge in [-0.15, -0.1) is 11.3 Å². The third kappa shape index (κ3) is 3.23. The molecule has 0 fully saturated rings. The number of rotatable bonds is 5. The van der Waals surface area contributed by atoms with Crippen LogP contribution in [0.5, 0.6) is 5.75 Å². The van der Waals surface area contributed by atoms with E-state index in [-0.39, 0.29) is 5.82 Å². The molecule has 100 valence electrons. The molecule has 0 aliphatic carbocycles. The van der Waals surface area contributed by atoms with Gasteiger partial charge in [-0.05, 0) is 24.3 Å². The Balaban J connectivity index is 2.07. The number of nitrogens with one attached hydrogen (secondary N) is 1. The Morgan fingerprint density at radius 1 is 1.42 bits per heavy atom. The molecule has 0 aliphatic heterocycles. The third-order valence-electron chi connectivity index (χ3n) is 2.49. The van der Waals surface area contributed by atoms with Crippen LogP contribution in [0.2, 0.25) is 0 Å². The molecule has 0 atom stereocenters. The molecule has 1 aromatic heterocycles. The van der Waals surface area contributed by atoms with Crippen LogP contribution < -0.4 is 10.1 Å². The van der Waals surface area contributed by atoms with Crippen LogP contribution in [0.4, 0.5) is 10.1 Å². The van der Waals surface area contributed by atoms with E-state index in [1.54, 1.807) is 18.2 Å². The van der Waals surface area contributed by atoms with Crippen LogP contribution in [-0.4, -0.2) is 18.2 Å². The van der Waals surface area contributed by atoms with E-state index in [1.807, 2.05) is 0 Å².